The van der Waals surface area contributed by atoms with Crippen molar-refractivity contribution in [3.8, 4) is 5.69 Å². The molecule has 1 aliphatic heterocycles. The van der Waals surface area contributed by atoms with Gasteiger partial charge >= 0.3 is 11.9 Å². The normalized spacial score (nSPS) is 17.0. The summed E-state index contributed by atoms with van der Waals surface area (Å²) >= 11 is 0. The minimum atomic E-state index is -4.51. The van der Waals surface area contributed by atoms with Gasteiger partial charge in [-0.25, -0.2) is 4.79 Å². The molecule has 2 aromatic rings. The number of carbonyl (C=O) groups excluding carboxylic acids is 2. The van der Waals surface area contributed by atoms with Crippen molar-refractivity contribution < 1.29 is 22.8 Å². The van der Waals surface area contributed by atoms with E-state index in [1.54, 1.807) is 25.3 Å². The number of hydrogen-bond donors (Lipinski definition) is 2. The Kier molecular flexibility index (Phi) is 5.30. The van der Waals surface area contributed by atoms with E-state index in [-0.39, 0.29) is 5.69 Å². The first-order chi connectivity index (χ1) is 13.2. The molecule has 150 valence electrons. The molecule has 1 fully saturated rings. The average Bonchev–Trinajstić information content (AvgIpc) is 3.25. The van der Waals surface area contributed by atoms with Gasteiger partial charge < -0.3 is 15.2 Å². The Morgan fingerprint density at radius 1 is 1.25 bits per heavy atom. The first-order valence-electron chi connectivity index (χ1n) is 8.70. The summed E-state index contributed by atoms with van der Waals surface area (Å²) < 4.78 is 38.4. The minimum Gasteiger partial charge on any atom is -0.345 e. The molecule has 0 radical (unpaired) electrons. The van der Waals surface area contributed by atoms with Crippen LogP contribution in [0.1, 0.15) is 28.9 Å². The first kappa shape index (κ1) is 19.7. The lowest BCUT2D eigenvalue weighted by Gasteiger charge is -2.24. The van der Waals surface area contributed by atoms with Crippen LogP contribution >= 0.6 is 0 Å². The number of amides is 2. The van der Waals surface area contributed by atoms with Crippen LogP contribution in [-0.4, -0.2) is 51.6 Å². The minimum absolute atomic E-state index is 0.292. The van der Waals surface area contributed by atoms with Gasteiger partial charge in [-0.15, -0.1) is 0 Å². The molecule has 28 heavy (non-hydrogen) atoms. The Morgan fingerprint density at radius 3 is 2.50 bits per heavy atom. The third-order valence-electron chi connectivity index (χ3n) is 4.61. The number of nitrogens with zero attached hydrogens (tertiary/aromatic N) is 2. The number of carbonyl (C=O) groups is 2. The summed E-state index contributed by atoms with van der Waals surface area (Å²) in [6, 6.07) is 5.33. The highest BCUT2D eigenvalue weighted by atomic mass is 19.4. The maximum absolute atomic E-state index is 12.7. The van der Waals surface area contributed by atoms with Crippen molar-refractivity contribution in [2.24, 2.45) is 0 Å². The Labute approximate surface area is 158 Å². The number of aryl methyl sites for hydroxylation is 1. The second kappa shape index (κ2) is 7.53. The summed E-state index contributed by atoms with van der Waals surface area (Å²) in [6.07, 6.45) is -2.10. The van der Waals surface area contributed by atoms with E-state index in [9.17, 15) is 27.6 Å². The fraction of sp³-hybridized carbons (Fsp3) is 0.389. The maximum Gasteiger partial charge on any atom is 0.405 e. The van der Waals surface area contributed by atoms with Crippen LogP contribution in [0, 0.1) is 6.92 Å². The van der Waals surface area contributed by atoms with Crippen molar-refractivity contribution in [1.82, 2.24) is 19.8 Å². The monoisotopic (exact) mass is 396 g/mol. The van der Waals surface area contributed by atoms with E-state index in [2.05, 4.69) is 4.98 Å². The van der Waals surface area contributed by atoms with E-state index in [0.29, 0.717) is 36.3 Å². The highest BCUT2D eigenvalue weighted by molar-refractivity contribution is 5.98. The molecule has 1 aliphatic rings. The number of imidazole rings is 1. The molecule has 1 aromatic heterocycles. The first-order valence-corrected chi connectivity index (χ1v) is 8.70. The summed E-state index contributed by atoms with van der Waals surface area (Å²) in [5.41, 5.74) is 1.25. The van der Waals surface area contributed by atoms with Crippen LogP contribution in [-0.2, 0) is 4.79 Å². The predicted molar refractivity (Wildman–Crippen MR) is 94.2 cm³/mol. The van der Waals surface area contributed by atoms with Gasteiger partial charge in [0.25, 0.3) is 5.91 Å². The predicted octanol–water partition coefficient (Wildman–Crippen LogP) is 1.76. The number of alkyl halides is 3. The van der Waals surface area contributed by atoms with Crippen molar-refractivity contribution in [2.45, 2.75) is 32.0 Å². The molecule has 2 amide bonds. The van der Waals surface area contributed by atoms with Crippen LogP contribution in [0.15, 0.2) is 35.3 Å². The molecule has 1 unspecified atom stereocenters. The fourth-order valence-electron chi connectivity index (χ4n) is 3.28. The number of rotatable bonds is 4. The molecule has 2 heterocycles. The number of hydrogen-bond acceptors (Lipinski definition) is 3. The molecular formula is C18H19F3N4O3. The van der Waals surface area contributed by atoms with E-state index >= 15 is 0 Å². The second-order valence-corrected chi connectivity index (χ2v) is 6.61. The number of benzene rings is 1. The molecule has 10 heteroatoms. The Bertz CT molecular complexity index is 931. The molecule has 1 saturated heterocycles. The number of nitrogens with one attached hydrogen (secondary N) is 2. The van der Waals surface area contributed by atoms with Gasteiger partial charge in [-0.05, 0) is 44.0 Å². The highest BCUT2D eigenvalue weighted by Crippen LogP contribution is 2.22. The summed E-state index contributed by atoms with van der Waals surface area (Å²) in [4.78, 5) is 40.5. The summed E-state index contributed by atoms with van der Waals surface area (Å²) in [5.74, 6) is -1.25. The maximum atomic E-state index is 12.7. The quantitative estimate of drug-likeness (QED) is 0.826. The third kappa shape index (κ3) is 4.10. The summed E-state index contributed by atoms with van der Waals surface area (Å²) in [5, 5.41) is 1.84. The zero-order valence-corrected chi connectivity index (χ0v) is 15.0. The zero-order valence-electron chi connectivity index (χ0n) is 15.0. The van der Waals surface area contributed by atoms with Gasteiger partial charge in [-0.2, -0.15) is 13.2 Å². The molecular weight excluding hydrogens is 377 g/mol. The Hall–Kier alpha value is -3.04. The van der Waals surface area contributed by atoms with Crippen molar-refractivity contribution in [2.75, 3.05) is 13.1 Å². The standard InChI is InChI=1S/C18H19F3N4O3/c1-11-9-22-17(28)25(11)13-6-4-12(5-7-13)16(27)24-8-2-3-14(24)15(26)23-10-18(19,20)21/h4-7,9,14H,2-3,8,10H2,1H3,(H,22,28)(H,23,26). The van der Waals surface area contributed by atoms with Crippen molar-refractivity contribution in [1.29, 1.82) is 0 Å². The molecule has 1 aromatic carbocycles. The lowest BCUT2D eigenvalue weighted by atomic mass is 10.1. The molecule has 0 spiro atoms. The lowest BCUT2D eigenvalue weighted by molar-refractivity contribution is -0.140. The van der Waals surface area contributed by atoms with E-state index in [1.165, 1.54) is 21.6 Å². The molecule has 3 rings (SSSR count). The number of likely N-dealkylation sites (tertiary alicyclic amines) is 1. The van der Waals surface area contributed by atoms with E-state index in [4.69, 9.17) is 0 Å². The van der Waals surface area contributed by atoms with Gasteiger partial charge in [0, 0.05) is 24.0 Å². The second-order valence-electron chi connectivity index (χ2n) is 6.61. The van der Waals surface area contributed by atoms with Crippen LogP contribution < -0.4 is 11.0 Å². The number of halogens is 3. The van der Waals surface area contributed by atoms with E-state index in [1.807, 2.05) is 5.32 Å². The number of aromatic amines is 1. The van der Waals surface area contributed by atoms with Crippen molar-refractivity contribution >= 4 is 11.8 Å². The van der Waals surface area contributed by atoms with Gasteiger partial charge in [-0.1, -0.05) is 0 Å². The van der Waals surface area contributed by atoms with Gasteiger partial charge in [0.05, 0.1) is 5.69 Å². The highest BCUT2D eigenvalue weighted by Gasteiger charge is 2.36. The molecule has 7 nitrogen and oxygen atoms in total. The van der Waals surface area contributed by atoms with Gasteiger partial charge in [0.15, 0.2) is 0 Å². The lowest BCUT2D eigenvalue weighted by Crippen LogP contribution is -2.48. The SMILES string of the molecule is Cc1c[nH]c(=O)n1-c1ccc(C(=O)N2CCCC2C(=O)NCC(F)(F)F)cc1. The molecule has 0 aliphatic carbocycles. The Morgan fingerprint density at radius 2 is 1.93 bits per heavy atom. The van der Waals surface area contributed by atoms with Crippen molar-refractivity contribution in [3.63, 3.8) is 0 Å². The van der Waals surface area contributed by atoms with Gasteiger partial charge in [0.1, 0.15) is 12.6 Å². The third-order valence-corrected chi connectivity index (χ3v) is 4.61. The largest absolute Gasteiger partial charge is 0.405 e. The molecule has 0 bridgehead atoms. The number of aromatic nitrogens is 2. The van der Waals surface area contributed by atoms with Crippen LogP contribution in [0.3, 0.4) is 0 Å². The van der Waals surface area contributed by atoms with Crippen LogP contribution in [0.2, 0.25) is 0 Å². The average molecular weight is 396 g/mol. The topological polar surface area (TPSA) is 87.2 Å². The fourth-order valence-corrected chi connectivity index (χ4v) is 3.28. The molecule has 1 atom stereocenters. The number of H-pyrrole nitrogens is 1. The van der Waals surface area contributed by atoms with Crippen molar-refractivity contribution in [3.05, 3.63) is 52.2 Å². The van der Waals surface area contributed by atoms with Gasteiger partial charge in [-0.3, -0.25) is 14.2 Å². The van der Waals surface area contributed by atoms with Gasteiger partial charge in [0.2, 0.25) is 5.91 Å². The Balaban J connectivity index is 1.74. The zero-order chi connectivity index (χ0) is 20.5. The van der Waals surface area contributed by atoms with E-state index in [0.717, 1.165) is 0 Å². The van der Waals surface area contributed by atoms with Crippen LogP contribution in [0.25, 0.3) is 5.69 Å². The summed E-state index contributed by atoms with van der Waals surface area (Å²) in [6.45, 7) is 0.621. The molecule has 2 N–H and O–H groups in total. The smallest absolute Gasteiger partial charge is 0.345 e. The van der Waals surface area contributed by atoms with Crippen LogP contribution in [0.4, 0.5) is 13.2 Å². The van der Waals surface area contributed by atoms with Crippen LogP contribution in [0.5, 0.6) is 0 Å². The molecule has 0 saturated carbocycles. The van der Waals surface area contributed by atoms with E-state index < -0.39 is 30.6 Å². The summed E-state index contributed by atoms with van der Waals surface area (Å²) in [7, 11) is 0.